The van der Waals surface area contributed by atoms with E-state index in [9.17, 15) is 0 Å². The van der Waals surface area contributed by atoms with Crippen LogP contribution in [0.4, 0.5) is 0 Å². The number of ether oxygens (including phenoxy) is 2. The number of benzene rings is 2. The molecule has 0 N–H and O–H groups in total. The number of fused-ring (bicyclic) bond motifs is 1. The van der Waals surface area contributed by atoms with Crippen LogP contribution >= 0.6 is 11.3 Å². The molecule has 4 rings (SSSR count). The van der Waals surface area contributed by atoms with E-state index in [0.717, 1.165) is 38.4 Å². The van der Waals surface area contributed by atoms with Crippen molar-refractivity contribution in [1.82, 2.24) is 19.8 Å². The topological polar surface area (TPSA) is 61.5 Å². The third kappa shape index (κ3) is 3.83. The highest BCUT2D eigenvalue weighted by atomic mass is 32.1. The molecule has 0 saturated carbocycles. The predicted molar refractivity (Wildman–Crippen MR) is 106 cm³/mol. The molecule has 2 aromatic carbocycles. The minimum absolute atomic E-state index is 0.663. The molecule has 0 radical (unpaired) electrons. The van der Waals surface area contributed by atoms with Crippen LogP contribution in [0.3, 0.4) is 0 Å². The molecule has 4 aromatic rings. The first-order chi connectivity index (χ1) is 13.2. The Labute approximate surface area is 160 Å². The Hall–Kier alpha value is -3.19. The zero-order chi connectivity index (χ0) is 18.6. The molecule has 0 aliphatic rings. The fraction of sp³-hybridized carbons (Fsp3) is 0.150. The Bertz CT molecular complexity index is 1070. The Kier molecular flexibility index (Phi) is 4.84. The van der Waals surface area contributed by atoms with Crippen LogP contribution in [-0.4, -0.2) is 34.0 Å². The summed E-state index contributed by atoms with van der Waals surface area (Å²) in [6.07, 6.45) is 4.67. The van der Waals surface area contributed by atoms with Gasteiger partial charge in [0.1, 0.15) is 16.5 Å². The minimum atomic E-state index is 0.663. The predicted octanol–water partition coefficient (Wildman–Crippen LogP) is 3.96. The van der Waals surface area contributed by atoms with Crippen molar-refractivity contribution < 1.29 is 9.47 Å². The van der Waals surface area contributed by atoms with E-state index in [0.29, 0.717) is 6.42 Å². The molecular weight excluding hydrogens is 360 g/mol. The normalized spacial score (nSPS) is 11.3. The quantitative estimate of drug-likeness (QED) is 0.508. The summed E-state index contributed by atoms with van der Waals surface area (Å²) >= 11 is 1.51. The van der Waals surface area contributed by atoms with Gasteiger partial charge in [0, 0.05) is 6.42 Å². The Balaban J connectivity index is 1.53. The van der Waals surface area contributed by atoms with Gasteiger partial charge in [0.2, 0.25) is 4.96 Å². The second-order valence-corrected chi connectivity index (χ2v) is 6.87. The van der Waals surface area contributed by atoms with Gasteiger partial charge in [0.15, 0.2) is 5.82 Å². The van der Waals surface area contributed by atoms with Crippen molar-refractivity contribution in [3.8, 4) is 11.5 Å². The van der Waals surface area contributed by atoms with Crippen LogP contribution in [0.2, 0.25) is 0 Å². The molecule has 0 bridgehead atoms. The first kappa shape index (κ1) is 17.2. The Morgan fingerprint density at radius 3 is 2.22 bits per heavy atom. The first-order valence-electron chi connectivity index (χ1n) is 8.41. The molecule has 7 heteroatoms. The lowest BCUT2D eigenvalue weighted by molar-refractivity contribution is 0.414. The first-order valence-corrected chi connectivity index (χ1v) is 9.23. The van der Waals surface area contributed by atoms with Gasteiger partial charge in [-0.1, -0.05) is 41.7 Å². The number of methoxy groups -OCH3 is 2. The largest absolute Gasteiger partial charge is 0.497 e. The Morgan fingerprint density at radius 2 is 1.56 bits per heavy atom. The van der Waals surface area contributed by atoms with Crippen LogP contribution in [0.5, 0.6) is 11.5 Å². The lowest BCUT2D eigenvalue weighted by Crippen LogP contribution is -1.97. The second-order valence-electron chi connectivity index (χ2n) is 5.88. The summed E-state index contributed by atoms with van der Waals surface area (Å²) in [6.45, 7) is 0. The second kappa shape index (κ2) is 7.59. The summed E-state index contributed by atoms with van der Waals surface area (Å²) in [5.74, 6) is 2.49. The summed E-state index contributed by atoms with van der Waals surface area (Å²) in [4.78, 5) is 0.785. The number of rotatable bonds is 6. The van der Waals surface area contributed by atoms with Gasteiger partial charge in [-0.05, 0) is 41.5 Å². The molecule has 27 heavy (non-hydrogen) atoms. The fourth-order valence-electron chi connectivity index (χ4n) is 2.66. The molecule has 0 aliphatic heterocycles. The maximum Gasteiger partial charge on any atom is 0.234 e. The SMILES string of the molecule is COc1ccc(/C=C/c2nn3c(Cc4ccc(OC)cc4)nnc3s2)cc1. The van der Waals surface area contributed by atoms with Gasteiger partial charge >= 0.3 is 0 Å². The lowest BCUT2D eigenvalue weighted by atomic mass is 10.1. The average Bonchev–Trinajstić information content (AvgIpc) is 3.29. The van der Waals surface area contributed by atoms with Crippen molar-refractivity contribution >= 4 is 28.4 Å². The highest BCUT2D eigenvalue weighted by molar-refractivity contribution is 7.17. The van der Waals surface area contributed by atoms with Gasteiger partial charge in [0.05, 0.1) is 14.2 Å². The molecule has 0 amide bonds. The van der Waals surface area contributed by atoms with Crippen molar-refractivity contribution in [2.24, 2.45) is 0 Å². The van der Waals surface area contributed by atoms with Crippen LogP contribution in [0.25, 0.3) is 17.1 Å². The molecule has 0 fully saturated rings. The zero-order valence-corrected chi connectivity index (χ0v) is 15.8. The molecule has 0 aliphatic carbocycles. The molecule has 2 aromatic heterocycles. The van der Waals surface area contributed by atoms with E-state index in [1.165, 1.54) is 11.3 Å². The zero-order valence-electron chi connectivity index (χ0n) is 15.0. The summed E-state index contributed by atoms with van der Waals surface area (Å²) in [5.41, 5.74) is 2.22. The summed E-state index contributed by atoms with van der Waals surface area (Å²) < 4.78 is 12.2. The number of hydrogen-bond donors (Lipinski definition) is 0. The van der Waals surface area contributed by atoms with Gasteiger partial charge in [-0.2, -0.15) is 9.61 Å². The fourth-order valence-corrected chi connectivity index (χ4v) is 3.42. The molecular formula is C20H18N4O2S. The van der Waals surface area contributed by atoms with Gasteiger partial charge in [-0.25, -0.2) is 0 Å². The third-order valence-corrected chi connectivity index (χ3v) is 4.99. The molecule has 0 spiro atoms. The van der Waals surface area contributed by atoms with Crippen molar-refractivity contribution in [3.05, 3.63) is 70.5 Å². The maximum atomic E-state index is 5.20. The molecule has 2 heterocycles. The van der Waals surface area contributed by atoms with E-state index in [4.69, 9.17) is 9.47 Å². The summed E-state index contributed by atoms with van der Waals surface area (Å²) in [6, 6.07) is 15.8. The van der Waals surface area contributed by atoms with Crippen molar-refractivity contribution in [3.63, 3.8) is 0 Å². The molecule has 136 valence electrons. The van der Waals surface area contributed by atoms with E-state index >= 15 is 0 Å². The molecule has 0 unspecified atom stereocenters. The lowest BCUT2D eigenvalue weighted by Gasteiger charge is -2.01. The van der Waals surface area contributed by atoms with Gasteiger partial charge in [0.25, 0.3) is 0 Å². The van der Waals surface area contributed by atoms with Crippen molar-refractivity contribution in [2.45, 2.75) is 6.42 Å². The van der Waals surface area contributed by atoms with Crippen LogP contribution in [-0.2, 0) is 6.42 Å². The smallest absolute Gasteiger partial charge is 0.234 e. The van der Waals surface area contributed by atoms with E-state index in [-0.39, 0.29) is 0 Å². The van der Waals surface area contributed by atoms with Gasteiger partial charge < -0.3 is 9.47 Å². The van der Waals surface area contributed by atoms with Crippen LogP contribution < -0.4 is 9.47 Å². The maximum absolute atomic E-state index is 5.20. The van der Waals surface area contributed by atoms with Crippen molar-refractivity contribution in [1.29, 1.82) is 0 Å². The summed E-state index contributed by atoms with van der Waals surface area (Å²) in [7, 11) is 3.32. The van der Waals surface area contributed by atoms with Crippen LogP contribution in [0, 0.1) is 0 Å². The monoisotopic (exact) mass is 378 g/mol. The van der Waals surface area contributed by atoms with E-state index in [1.54, 1.807) is 14.2 Å². The van der Waals surface area contributed by atoms with Crippen molar-refractivity contribution in [2.75, 3.05) is 14.2 Å². The molecule has 6 nitrogen and oxygen atoms in total. The highest BCUT2D eigenvalue weighted by Gasteiger charge is 2.11. The number of hydrogen-bond acceptors (Lipinski definition) is 6. The van der Waals surface area contributed by atoms with Gasteiger partial charge in [-0.15, -0.1) is 10.2 Å². The molecule has 0 atom stereocenters. The van der Waals surface area contributed by atoms with E-state index < -0.39 is 0 Å². The van der Waals surface area contributed by atoms with E-state index in [2.05, 4.69) is 15.3 Å². The van der Waals surface area contributed by atoms with Gasteiger partial charge in [-0.3, -0.25) is 0 Å². The average molecular weight is 378 g/mol. The molecule has 0 saturated heterocycles. The standard InChI is InChI=1S/C20H18N4O2S/c1-25-16-8-3-14(4-9-16)7-12-19-23-24-18(21-22-20(24)27-19)13-15-5-10-17(26-2)11-6-15/h3-12H,13H2,1-2H3/b12-7+. The minimum Gasteiger partial charge on any atom is -0.497 e. The van der Waals surface area contributed by atoms with E-state index in [1.807, 2.05) is 65.2 Å². The number of nitrogens with zero attached hydrogens (tertiary/aromatic N) is 4. The third-order valence-electron chi connectivity index (χ3n) is 4.13. The highest BCUT2D eigenvalue weighted by Crippen LogP contribution is 2.20. The van der Waals surface area contributed by atoms with Crippen LogP contribution in [0.1, 0.15) is 22.0 Å². The van der Waals surface area contributed by atoms with Crippen LogP contribution in [0.15, 0.2) is 48.5 Å². The number of aromatic nitrogens is 4. The summed E-state index contributed by atoms with van der Waals surface area (Å²) in [5, 5.41) is 14.0. The Morgan fingerprint density at radius 1 is 0.889 bits per heavy atom.